The van der Waals surface area contributed by atoms with Gasteiger partial charge in [-0.3, -0.25) is 4.79 Å². The van der Waals surface area contributed by atoms with Crippen LogP contribution in [0.15, 0.2) is 21.3 Å². The lowest BCUT2D eigenvalue weighted by Gasteiger charge is -2.44. The summed E-state index contributed by atoms with van der Waals surface area (Å²) in [5, 5.41) is 21.1. The summed E-state index contributed by atoms with van der Waals surface area (Å²) >= 11 is 0. The van der Waals surface area contributed by atoms with Gasteiger partial charge in [0, 0.05) is 13.3 Å². The van der Waals surface area contributed by atoms with Gasteiger partial charge in [-0.15, -0.1) is 0 Å². The summed E-state index contributed by atoms with van der Waals surface area (Å²) in [5.41, 5.74) is 0.0832. The van der Waals surface area contributed by atoms with Crippen molar-refractivity contribution in [3.8, 4) is 28.7 Å². The van der Waals surface area contributed by atoms with E-state index in [2.05, 4.69) is 0 Å². The molecular formula is C21H20O8. The first-order valence-corrected chi connectivity index (χ1v) is 9.34. The van der Waals surface area contributed by atoms with Crippen LogP contribution in [0, 0.1) is 0 Å². The van der Waals surface area contributed by atoms with Crippen molar-refractivity contribution in [3.63, 3.8) is 0 Å². The topological polar surface area (TPSA) is 108 Å². The van der Waals surface area contributed by atoms with Gasteiger partial charge in [-0.2, -0.15) is 0 Å². The van der Waals surface area contributed by atoms with Crippen molar-refractivity contribution in [2.24, 2.45) is 0 Å². The largest absolute Gasteiger partial charge is 0.506 e. The standard InChI is InChI=1S/C21H20O8/c1-21-8-4-5-11(28-21)13-16(24)14-15(23)12-10(7-6-9(22)17(12)25-2)27-18(14)20(26-3)19(13)29-21/h6-7,11,22,24H,4-5,8H2,1-3H3/t11-,21-/m1/s1. The molecule has 0 amide bonds. The predicted octanol–water partition coefficient (Wildman–Crippen LogP) is 3.72. The van der Waals surface area contributed by atoms with Crippen molar-refractivity contribution in [3.05, 3.63) is 27.9 Å². The van der Waals surface area contributed by atoms with Crippen LogP contribution in [0.2, 0.25) is 0 Å². The van der Waals surface area contributed by atoms with E-state index in [0.717, 1.165) is 6.42 Å². The lowest BCUT2D eigenvalue weighted by atomic mass is 9.91. The smallest absolute Gasteiger partial charge is 0.208 e. The minimum Gasteiger partial charge on any atom is -0.506 e. The second kappa shape index (κ2) is 5.93. The first-order valence-electron chi connectivity index (χ1n) is 9.34. The zero-order valence-electron chi connectivity index (χ0n) is 16.2. The fourth-order valence-corrected chi connectivity index (χ4v) is 4.40. The Labute approximate surface area is 165 Å². The van der Waals surface area contributed by atoms with Gasteiger partial charge in [-0.25, -0.2) is 0 Å². The molecule has 2 bridgehead atoms. The Morgan fingerprint density at radius 3 is 2.62 bits per heavy atom. The number of rotatable bonds is 2. The van der Waals surface area contributed by atoms with E-state index < -0.39 is 17.3 Å². The number of benzene rings is 2. The van der Waals surface area contributed by atoms with Crippen molar-refractivity contribution in [2.75, 3.05) is 14.2 Å². The molecule has 29 heavy (non-hydrogen) atoms. The first-order chi connectivity index (χ1) is 13.9. The van der Waals surface area contributed by atoms with Gasteiger partial charge in [0.25, 0.3) is 0 Å². The highest BCUT2D eigenvalue weighted by molar-refractivity contribution is 6.01. The van der Waals surface area contributed by atoms with Crippen LogP contribution >= 0.6 is 0 Å². The number of phenols is 2. The Kier molecular flexibility index (Phi) is 3.67. The molecule has 0 radical (unpaired) electrons. The van der Waals surface area contributed by atoms with Crippen LogP contribution in [0.4, 0.5) is 0 Å². The van der Waals surface area contributed by atoms with Crippen molar-refractivity contribution in [1.29, 1.82) is 0 Å². The highest BCUT2D eigenvalue weighted by atomic mass is 16.7. The molecule has 1 saturated heterocycles. The number of hydrogen-bond donors (Lipinski definition) is 2. The first kappa shape index (κ1) is 17.9. The Hall–Kier alpha value is -3.13. The van der Waals surface area contributed by atoms with E-state index in [0.29, 0.717) is 24.2 Å². The van der Waals surface area contributed by atoms with E-state index in [4.69, 9.17) is 23.4 Å². The van der Waals surface area contributed by atoms with Crippen molar-refractivity contribution in [2.45, 2.75) is 38.1 Å². The van der Waals surface area contributed by atoms with Crippen LogP contribution in [0.5, 0.6) is 28.7 Å². The third-order valence-corrected chi connectivity index (χ3v) is 5.68. The predicted molar refractivity (Wildman–Crippen MR) is 103 cm³/mol. The monoisotopic (exact) mass is 400 g/mol. The van der Waals surface area contributed by atoms with Crippen molar-refractivity contribution >= 4 is 21.9 Å². The van der Waals surface area contributed by atoms with Gasteiger partial charge >= 0.3 is 0 Å². The molecule has 3 aromatic rings. The summed E-state index contributed by atoms with van der Waals surface area (Å²) < 4.78 is 28.8. The van der Waals surface area contributed by atoms with Gasteiger partial charge in [0.05, 0.1) is 25.9 Å². The molecule has 3 heterocycles. The molecule has 2 aliphatic rings. The van der Waals surface area contributed by atoms with Gasteiger partial charge in [-0.05, 0) is 25.0 Å². The molecule has 152 valence electrons. The Bertz CT molecular complexity index is 1230. The second-order valence-electron chi connectivity index (χ2n) is 7.49. The van der Waals surface area contributed by atoms with E-state index in [9.17, 15) is 15.0 Å². The molecule has 0 saturated carbocycles. The van der Waals surface area contributed by atoms with Gasteiger partial charge < -0.3 is 33.6 Å². The second-order valence-corrected chi connectivity index (χ2v) is 7.49. The van der Waals surface area contributed by atoms with Gasteiger partial charge in [-0.1, -0.05) is 0 Å². The minimum atomic E-state index is -0.838. The molecule has 2 aromatic carbocycles. The third kappa shape index (κ3) is 2.32. The molecule has 1 aromatic heterocycles. The maximum Gasteiger partial charge on any atom is 0.208 e. The summed E-state index contributed by atoms with van der Waals surface area (Å²) in [6, 6.07) is 2.83. The Morgan fingerprint density at radius 1 is 1.14 bits per heavy atom. The lowest BCUT2D eigenvalue weighted by molar-refractivity contribution is -0.243. The highest BCUT2D eigenvalue weighted by Crippen LogP contribution is 2.56. The van der Waals surface area contributed by atoms with Gasteiger partial charge in [0.2, 0.25) is 17.0 Å². The third-order valence-electron chi connectivity index (χ3n) is 5.68. The maximum atomic E-state index is 13.4. The average Bonchev–Trinajstić information content (AvgIpc) is 2.68. The maximum absolute atomic E-state index is 13.4. The van der Waals surface area contributed by atoms with E-state index in [-0.39, 0.29) is 44.9 Å². The van der Waals surface area contributed by atoms with Crippen molar-refractivity contribution < 1.29 is 33.6 Å². The molecule has 0 spiro atoms. The van der Waals surface area contributed by atoms with Crippen LogP contribution in [0.25, 0.3) is 21.9 Å². The van der Waals surface area contributed by atoms with E-state index in [1.165, 1.54) is 26.4 Å². The SMILES string of the molecule is COc1c2c(c(O)c3c(=O)c4c(OC)c(O)ccc4oc13)[C@H]1CCC[C@@](C)(O2)O1. The number of aromatic hydroxyl groups is 2. The van der Waals surface area contributed by atoms with Crippen LogP contribution < -0.4 is 19.6 Å². The highest BCUT2D eigenvalue weighted by Gasteiger charge is 2.45. The summed E-state index contributed by atoms with van der Waals surface area (Å²) in [5.74, 6) is -0.789. The summed E-state index contributed by atoms with van der Waals surface area (Å²) in [6.07, 6.45) is 1.80. The number of fused-ring (bicyclic) bond motifs is 6. The molecule has 2 N–H and O–H groups in total. The number of hydrogen-bond acceptors (Lipinski definition) is 8. The molecule has 0 aliphatic carbocycles. The number of phenolic OH excluding ortho intramolecular Hbond substituents is 2. The molecule has 2 aliphatic heterocycles. The molecule has 5 rings (SSSR count). The van der Waals surface area contributed by atoms with Gasteiger partial charge in [0.1, 0.15) is 22.1 Å². The van der Waals surface area contributed by atoms with E-state index >= 15 is 0 Å². The molecule has 0 unspecified atom stereocenters. The minimum absolute atomic E-state index is 0.0213. The van der Waals surface area contributed by atoms with Crippen LogP contribution in [0.3, 0.4) is 0 Å². The Balaban J connectivity index is 1.96. The Morgan fingerprint density at radius 2 is 1.90 bits per heavy atom. The summed E-state index contributed by atoms with van der Waals surface area (Å²) in [7, 11) is 2.79. The average molecular weight is 400 g/mol. The van der Waals surface area contributed by atoms with Crippen LogP contribution in [-0.4, -0.2) is 30.2 Å². The van der Waals surface area contributed by atoms with Gasteiger partial charge in [0.15, 0.2) is 22.8 Å². The van der Waals surface area contributed by atoms with E-state index in [1.807, 2.05) is 6.92 Å². The normalized spacial score (nSPS) is 22.9. The fourth-order valence-electron chi connectivity index (χ4n) is 4.40. The number of ether oxygens (including phenoxy) is 4. The van der Waals surface area contributed by atoms with Crippen molar-refractivity contribution in [1.82, 2.24) is 0 Å². The van der Waals surface area contributed by atoms with Crippen LogP contribution in [0.1, 0.15) is 37.9 Å². The van der Waals surface area contributed by atoms with Crippen LogP contribution in [-0.2, 0) is 4.74 Å². The van der Waals surface area contributed by atoms with E-state index in [1.54, 1.807) is 0 Å². The summed E-state index contributed by atoms with van der Waals surface area (Å²) in [6.45, 7) is 1.84. The fraction of sp³-hybridized carbons (Fsp3) is 0.381. The lowest BCUT2D eigenvalue weighted by Crippen LogP contribution is -2.43. The molecule has 1 fully saturated rings. The molecular weight excluding hydrogens is 380 g/mol. The number of methoxy groups -OCH3 is 2. The zero-order valence-corrected chi connectivity index (χ0v) is 16.2. The molecule has 8 heteroatoms. The summed E-state index contributed by atoms with van der Waals surface area (Å²) in [4.78, 5) is 13.4. The molecule has 2 atom stereocenters. The molecule has 8 nitrogen and oxygen atoms in total. The quantitative estimate of drug-likeness (QED) is 0.627. The zero-order chi connectivity index (χ0) is 20.5.